The number of nitrogens with zero attached hydrogens (tertiary/aromatic N) is 1. The van der Waals surface area contributed by atoms with Crippen molar-refractivity contribution in [2.24, 2.45) is 5.92 Å². The standard InChI is InChI=1S/C22H22IN3O5/c1-4-11-31-18-8-6-17(7-9-18)24-22(30)25-26(15(3)27)19-13-16(5-10-20(19)28)12-14(2)21(23)29/h1,5-10,13-14,28H,11-12H2,2-3H3,(H2,24,25,30)/t14-/m0/s1. The van der Waals surface area contributed by atoms with Gasteiger partial charge in [0.1, 0.15) is 23.8 Å². The minimum atomic E-state index is -0.687. The quantitative estimate of drug-likeness (QED) is 0.217. The lowest BCUT2D eigenvalue weighted by Gasteiger charge is -2.23. The number of nitrogens with one attached hydrogen (secondary N) is 2. The van der Waals surface area contributed by atoms with Gasteiger partial charge in [-0.2, -0.15) is 0 Å². The molecule has 0 saturated carbocycles. The van der Waals surface area contributed by atoms with Crippen LogP contribution >= 0.6 is 22.6 Å². The van der Waals surface area contributed by atoms with Crippen LogP contribution in [0, 0.1) is 18.3 Å². The lowest BCUT2D eigenvalue weighted by molar-refractivity contribution is -0.117. The van der Waals surface area contributed by atoms with Crippen molar-refractivity contribution in [3.8, 4) is 23.8 Å². The van der Waals surface area contributed by atoms with Gasteiger partial charge in [0.05, 0.1) is 0 Å². The van der Waals surface area contributed by atoms with E-state index in [1.165, 1.54) is 13.0 Å². The zero-order chi connectivity index (χ0) is 23.0. The van der Waals surface area contributed by atoms with Crippen LogP contribution in [0.25, 0.3) is 0 Å². The highest BCUT2D eigenvalue weighted by atomic mass is 127. The Morgan fingerprint density at radius 1 is 1.23 bits per heavy atom. The third-order valence-electron chi connectivity index (χ3n) is 4.17. The van der Waals surface area contributed by atoms with Gasteiger partial charge >= 0.3 is 6.03 Å². The Bertz CT molecular complexity index is 1000. The predicted molar refractivity (Wildman–Crippen MR) is 126 cm³/mol. The van der Waals surface area contributed by atoms with Crippen molar-refractivity contribution in [1.82, 2.24) is 5.43 Å². The van der Waals surface area contributed by atoms with Crippen LogP contribution in [0.3, 0.4) is 0 Å². The summed E-state index contributed by atoms with van der Waals surface area (Å²) in [6.07, 6.45) is 5.57. The molecule has 1 atom stereocenters. The van der Waals surface area contributed by atoms with E-state index < -0.39 is 11.9 Å². The Morgan fingerprint density at radius 3 is 2.48 bits per heavy atom. The van der Waals surface area contributed by atoms with Crippen LogP contribution < -0.4 is 20.5 Å². The zero-order valence-electron chi connectivity index (χ0n) is 17.0. The number of benzene rings is 2. The van der Waals surface area contributed by atoms with Gasteiger partial charge in [0.25, 0.3) is 0 Å². The average Bonchev–Trinajstić information content (AvgIpc) is 2.72. The van der Waals surface area contributed by atoms with Gasteiger partial charge in [0.15, 0.2) is 3.79 Å². The SMILES string of the molecule is C#CCOc1ccc(NC(=O)NN(C(C)=O)c2cc(C[C@H](C)C(=O)I)ccc2O)cc1. The Kier molecular flexibility index (Phi) is 8.69. The first kappa shape index (κ1) is 24.0. The molecule has 0 aliphatic rings. The number of phenolic OH excluding ortho intramolecular Hbond substituents is 1. The second-order valence-electron chi connectivity index (χ2n) is 6.67. The molecule has 0 aliphatic heterocycles. The Labute approximate surface area is 194 Å². The van der Waals surface area contributed by atoms with Gasteiger partial charge in [0.2, 0.25) is 5.91 Å². The number of hydrogen-bond donors (Lipinski definition) is 3. The number of carbonyl (C=O) groups excluding carboxylic acids is 3. The molecular weight excluding hydrogens is 513 g/mol. The van der Waals surface area contributed by atoms with E-state index in [9.17, 15) is 19.5 Å². The van der Waals surface area contributed by atoms with E-state index in [0.717, 1.165) is 10.6 Å². The molecule has 0 aromatic heterocycles. The van der Waals surface area contributed by atoms with Gasteiger partial charge in [0, 0.05) is 18.5 Å². The lowest BCUT2D eigenvalue weighted by atomic mass is 10.0. The zero-order valence-corrected chi connectivity index (χ0v) is 19.2. The smallest absolute Gasteiger partial charge is 0.338 e. The van der Waals surface area contributed by atoms with Crippen LogP contribution in [0.4, 0.5) is 16.2 Å². The van der Waals surface area contributed by atoms with Crippen molar-refractivity contribution in [2.75, 3.05) is 16.9 Å². The molecule has 0 radical (unpaired) electrons. The van der Waals surface area contributed by atoms with Crippen molar-refractivity contribution in [3.05, 3.63) is 48.0 Å². The van der Waals surface area contributed by atoms with Gasteiger partial charge in [-0.3, -0.25) is 9.59 Å². The van der Waals surface area contributed by atoms with Crippen LogP contribution in [-0.4, -0.2) is 27.4 Å². The van der Waals surface area contributed by atoms with Crippen molar-refractivity contribution in [1.29, 1.82) is 0 Å². The molecule has 0 unspecified atom stereocenters. The highest BCUT2D eigenvalue weighted by Gasteiger charge is 2.20. The predicted octanol–water partition coefficient (Wildman–Crippen LogP) is 3.63. The maximum atomic E-state index is 12.4. The molecule has 0 saturated heterocycles. The number of halogens is 1. The largest absolute Gasteiger partial charge is 0.506 e. The summed E-state index contributed by atoms with van der Waals surface area (Å²) >= 11 is 1.73. The van der Waals surface area contributed by atoms with E-state index >= 15 is 0 Å². The molecule has 31 heavy (non-hydrogen) atoms. The Balaban J connectivity index is 2.13. The Hall–Kier alpha value is -3.26. The number of rotatable bonds is 7. The molecule has 2 rings (SSSR count). The maximum Gasteiger partial charge on any atom is 0.338 e. The molecule has 3 N–H and O–H groups in total. The number of carbonyl (C=O) groups is 3. The third-order valence-corrected chi connectivity index (χ3v) is 5.24. The van der Waals surface area contributed by atoms with Gasteiger partial charge in [-0.15, -0.1) is 6.42 Å². The molecule has 162 valence electrons. The van der Waals surface area contributed by atoms with Crippen LogP contribution in [-0.2, 0) is 16.0 Å². The van der Waals surface area contributed by atoms with Gasteiger partial charge in [-0.05, 0) is 71.0 Å². The second kappa shape index (κ2) is 11.2. The number of phenols is 1. The monoisotopic (exact) mass is 535 g/mol. The summed E-state index contributed by atoms with van der Waals surface area (Å²) in [7, 11) is 0. The fraction of sp³-hybridized carbons (Fsp3) is 0.227. The highest BCUT2D eigenvalue weighted by molar-refractivity contribution is 14.1. The number of terminal acetylenes is 1. The molecule has 8 nitrogen and oxygen atoms in total. The fourth-order valence-corrected chi connectivity index (χ4v) is 2.86. The second-order valence-corrected chi connectivity index (χ2v) is 7.73. The summed E-state index contributed by atoms with van der Waals surface area (Å²) in [5.41, 5.74) is 3.72. The van der Waals surface area contributed by atoms with Gasteiger partial charge in [-0.1, -0.05) is 18.9 Å². The van der Waals surface area contributed by atoms with Crippen molar-refractivity contribution < 1.29 is 24.2 Å². The number of ether oxygens (including phenoxy) is 1. The fourth-order valence-electron chi connectivity index (χ4n) is 2.64. The molecule has 0 fully saturated rings. The van der Waals surface area contributed by atoms with Crippen LogP contribution in [0.5, 0.6) is 11.5 Å². The highest BCUT2D eigenvalue weighted by Crippen LogP contribution is 2.29. The van der Waals surface area contributed by atoms with E-state index in [2.05, 4.69) is 16.7 Å². The summed E-state index contributed by atoms with van der Waals surface area (Å²) in [4.78, 5) is 36.1. The number of aromatic hydroxyl groups is 1. The first-order valence-corrected chi connectivity index (χ1v) is 10.3. The summed E-state index contributed by atoms with van der Waals surface area (Å²) in [5.74, 6) is 1.97. The molecule has 2 aromatic carbocycles. The van der Waals surface area contributed by atoms with Crippen LogP contribution in [0.15, 0.2) is 42.5 Å². The molecule has 9 heteroatoms. The van der Waals surface area contributed by atoms with Gasteiger partial charge < -0.3 is 15.2 Å². The number of hydrogen-bond acceptors (Lipinski definition) is 5. The van der Waals surface area contributed by atoms with Crippen LogP contribution in [0.1, 0.15) is 19.4 Å². The number of urea groups is 1. The van der Waals surface area contributed by atoms with E-state index in [-0.39, 0.29) is 27.8 Å². The first-order chi connectivity index (χ1) is 14.7. The molecule has 2 aromatic rings. The van der Waals surface area contributed by atoms with Crippen LogP contribution in [0.2, 0.25) is 0 Å². The molecule has 0 heterocycles. The number of amides is 3. The van der Waals surface area contributed by atoms with E-state index in [1.807, 2.05) is 0 Å². The average molecular weight is 535 g/mol. The molecular formula is C22H22IN3O5. The summed E-state index contributed by atoms with van der Waals surface area (Å²) in [6, 6.07) is 10.5. The van der Waals surface area contributed by atoms with Gasteiger partial charge in [-0.25, -0.2) is 15.2 Å². The van der Waals surface area contributed by atoms with E-state index in [0.29, 0.717) is 17.9 Å². The molecule has 3 amide bonds. The van der Waals surface area contributed by atoms with E-state index in [1.54, 1.807) is 65.9 Å². The first-order valence-electron chi connectivity index (χ1n) is 9.27. The van der Waals surface area contributed by atoms with Crippen molar-refractivity contribution in [2.45, 2.75) is 20.3 Å². The number of hydrazine groups is 1. The lowest BCUT2D eigenvalue weighted by Crippen LogP contribution is -2.47. The Morgan fingerprint density at radius 2 is 1.90 bits per heavy atom. The third kappa shape index (κ3) is 7.18. The molecule has 0 bridgehead atoms. The normalized spacial score (nSPS) is 11.0. The summed E-state index contributed by atoms with van der Waals surface area (Å²) in [5, 5.41) is 13.8. The minimum Gasteiger partial charge on any atom is -0.506 e. The minimum absolute atomic E-state index is 0.00357. The van der Waals surface area contributed by atoms with Crippen molar-refractivity contribution >= 4 is 49.7 Å². The number of anilines is 2. The summed E-state index contributed by atoms with van der Waals surface area (Å²) in [6.45, 7) is 3.17. The molecule has 0 aliphatic carbocycles. The maximum absolute atomic E-state index is 12.4. The van der Waals surface area contributed by atoms with E-state index in [4.69, 9.17) is 11.2 Å². The summed E-state index contributed by atoms with van der Waals surface area (Å²) < 4.78 is 5.27. The topological polar surface area (TPSA) is 108 Å². The van der Waals surface area contributed by atoms with Crippen molar-refractivity contribution in [3.63, 3.8) is 0 Å². The molecule has 0 spiro atoms.